The fourth-order valence-corrected chi connectivity index (χ4v) is 7.43. The molecule has 194 valence electrons. The van der Waals surface area contributed by atoms with Gasteiger partial charge in [-0.3, -0.25) is 0 Å². The van der Waals surface area contributed by atoms with E-state index in [0.717, 1.165) is 25.7 Å². The minimum atomic E-state index is -1.53. The molecule has 8 heteroatoms. The molecule has 0 bridgehead atoms. The Morgan fingerprint density at radius 1 is 1.12 bits per heavy atom. The Bertz CT molecular complexity index is 800. The number of rotatable bonds is 5. The molecule has 2 saturated carbocycles. The second-order valence-corrected chi connectivity index (χ2v) is 11.9. The summed E-state index contributed by atoms with van der Waals surface area (Å²) in [6, 6.07) is 0. The van der Waals surface area contributed by atoms with Gasteiger partial charge in [-0.2, -0.15) is 0 Å². The first kappa shape index (κ1) is 26.2. The van der Waals surface area contributed by atoms with Gasteiger partial charge in [0.1, 0.15) is 24.4 Å². The highest BCUT2D eigenvalue weighted by Gasteiger charge is 2.61. The SMILES string of the molecule is C=C[C@@]1(C)CC[C@H]2C(=CC[C@@H]3[C@]2(C)C[C@H](O)[C@H](O)[C@@]3(C)CO[C@H]2O[C@@H](CO)[C@@H](O)[C@@H](O)[C@H]2O)C1. The molecule has 0 spiro atoms. The Hall–Kier alpha value is -0.840. The molecule has 8 nitrogen and oxygen atoms in total. The fourth-order valence-electron chi connectivity index (χ4n) is 7.43. The van der Waals surface area contributed by atoms with Gasteiger partial charge >= 0.3 is 0 Å². The summed E-state index contributed by atoms with van der Waals surface area (Å²) in [6.45, 7) is 9.84. The van der Waals surface area contributed by atoms with Crippen LogP contribution < -0.4 is 0 Å². The zero-order chi connectivity index (χ0) is 25.1. The third-order valence-corrected chi connectivity index (χ3v) is 9.65. The van der Waals surface area contributed by atoms with E-state index in [9.17, 15) is 30.6 Å². The van der Waals surface area contributed by atoms with Crippen LogP contribution in [0.1, 0.15) is 52.9 Å². The van der Waals surface area contributed by atoms with Crippen molar-refractivity contribution in [3.8, 4) is 0 Å². The molecule has 12 atom stereocenters. The standard InChI is InChI=1S/C26H42O8/c1-5-24(2)9-8-15-14(10-24)6-7-18-25(15,3)11-16(28)22(32)26(18,4)13-33-23-21(31)20(30)19(29)17(12-27)34-23/h5-6,15-23,27-32H,1,7-13H2,2-4H3/t15-,16-,17-,18+,19+,20+,21+,22-,23-,24-,25+,26-/m0/s1. The Kier molecular flexibility index (Phi) is 7.12. The first-order valence-corrected chi connectivity index (χ1v) is 12.5. The molecule has 0 aromatic heterocycles. The summed E-state index contributed by atoms with van der Waals surface area (Å²) in [4.78, 5) is 0. The van der Waals surface area contributed by atoms with Crippen LogP contribution in [0.3, 0.4) is 0 Å². The van der Waals surface area contributed by atoms with Crippen LogP contribution in [0.5, 0.6) is 0 Å². The number of aliphatic hydroxyl groups is 6. The van der Waals surface area contributed by atoms with E-state index in [-0.39, 0.29) is 23.4 Å². The summed E-state index contributed by atoms with van der Waals surface area (Å²) in [5.41, 5.74) is 0.409. The molecule has 1 heterocycles. The Labute approximate surface area is 201 Å². The van der Waals surface area contributed by atoms with E-state index < -0.39 is 54.9 Å². The molecular weight excluding hydrogens is 440 g/mol. The molecule has 4 rings (SSSR count). The topological polar surface area (TPSA) is 140 Å². The highest BCUT2D eigenvalue weighted by atomic mass is 16.7. The molecule has 3 aliphatic carbocycles. The van der Waals surface area contributed by atoms with Crippen LogP contribution in [0.4, 0.5) is 0 Å². The first-order valence-electron chi connectivity index (χ1n) is 12.5. The largest absolute Gasteiger partial charge is 0.394 e. The molecule has 0 amide bonds. The molecule has 6 N–H and O–H groups in total. The maximum atomic E-state index is 11.2. The third kappa shape index (κ3) is 4.10. The van der Waals surface area contributed by atoms with Gasteiger partial charge in [0, 0.05) is 5.41 Å². The first-order chi connectivity index (χ1) is 15.9. The predicted octanol–water partition coefficient (Wildman–Crippen LogP) is 0.880. The lowest BCUT2D eigenvalue weighted by Crippen LogP contribution is -2.64. The number of hydrogen-bond donors (Lipinski definition) is 6. The van der Waals surface area contributed by atoms with Crippen molar-refractivity contribution in [2.45, 2.75) is 95.8 Å². The van der Waals surface area contributed by atoms with Gasteiger partial charge in [0.05, 0.1) is 25.4 Å². The predicted molar refractivity (Wildman–Crippen MR) is 124 cm³/mol. The molecule has 3 fully saturated rings. The Morgan fingerprint density at radius 3 is 2.47 bits per heavy atom. The highest BCUT2D eigenvalue weighted by Crippen LogP contribution is 2.63. The van der Waals surface area contributed by atoms with Crippen molar-refractivity contribution < 1.29 is 40.1 Å². The lowest BCUT2D eigenvalue weighted by molar-refractivity contribution is -0.315. The number of fused-ring (bicyclic) bond motifs is 3. The summed E-state index contributed by atoms with van der Waals surface area (Å²) in [6.07, 6.45) is -0.221. The highest BCUT2D eigenvalue weighted by molar-refractivity contribution is 5.26. The van der Waals surface area contributed by atoms with Gasteiger partial charge in [-0.25, -0.2) is 0 Å². The maximum absolute atomic E-state index is 11.2. The molecule has 1 saturated heterocycles. The number of hydrogen-bond acceptors (Lipinski definition) is 8. The van der Waals surface area contributed by atoms with Crippen molar-refractivity contribution in [1.29, 1.82) is 0 Å². The zero-order valence-corrected chi connectivity index (χ0v) is 20.5. The van der Waals surface area contributed by atoms with Crippen LogP contribution in [-0.4, -0.2) is 86.8 Å². The summed E-state index contributed by atoms with van der Waals surface area (Å²) >= 11 is 0. The van der Waals surface area contributed by atoms with Gasteiger partial charge in [0.25, 0.3) is 0 Å². The van der Waals surface area contributed by atoms with E-state index >= 15 is 0 Å². The summed E-state index contributed by atoms with van der Waals surface area (Å²) in [7, 11) is 0. The fraction of sp³-hybridized carbons (Fsp3) is 0.846. The second kappa shape index (κ2) is 9.23. The molecular formula is C26H42O8. The Balaban J connectivity index is 1.58. The maximum Gasteiger partial charge on any atom is 0.186 e. The van der Waals surface area contributed by atoms with E-state index in [1.807, 2.05) is 6.92 Å². The molecule has 34 heavy (non-hydrogen) atoms. The smallest absolute Gasteiger partial charge is 0.186 e. The zero-order valence-electron chi connectivity index (χ0n) is 20.5. The van der Waals surface area contributed by atoms with Crippen molar-refractivity contribution in [1.82, 2.24) is 0 Å². The minimum absolute atomic E-state index is 0.0186. The van der Waals surface area contributed by atoms with Crippen LogP contribution in [0, 0.1) is 28.1 Å². The minimum Gasteiger partial charge on any atom is -0.394 e. The molecule has 0 aromatic rings. The average molecular weight is 483 g/mol. The number of allylic oxidation sites excluding steroid dienone is 3. The van der Waals surface area contributed by atoms with Gasteiger partial charge < -0.3 is 40.1 Å². The van der Waals surface area contributed by atoms with Crippen LogP contribution in [0.25, 0.3) is 0 Å². The summed E-state index contributed by atoms with van der Waals surface area (Å²) in [5, 5.41) is 62.1. The van der Waals surface area contributed by atoms with Gasteiger partial charge in [-0.1, -0.05) is 38.5 Å². The lowest BCUT2D eigenvalue weighted by atomic mass is 9.44. The lowest BCUT2D eigenvalue weighted by Gasteiger charge is -2.62. The van der Waals surface area contributed by atoms with Gasteiger partial charge in [-0.15, -0.1) is 6.58 Å². The van der Waals surface area contributed by atoms with E-state index in [0.29, 0.717) is 12.3 Å². The van der Waals surface area contributed by atoms with Crippen LogP contribution >= 0.6 is 0 Å². The monoisotopic (exact) mass is 482 g/mol. The summed E-state index contributed by atoms with van der Waals surface area (Å²) < 4.78 is 11.4. The van der Waals surface area contributed by atoms with E-state index in [1.165, 1.54) is 5.57 Å². The normalized spacial score (nSPS) is 53.4. The number of ether oxygens (including phenoxy) is 2. The molecule has 0 unspecified atom stereocenters. The van der Waals surface area contributed by atoms with E-state index in [2.05, 4.69) is 32.6 Å². The average Bonchev–Trinajstić information content (AvgIpc) is 2.80. The van der Waals surface area contributed by atoms with Crippen LogP contribution in [-0.2, 0) is 9.47 Å². The van der Waals surface area contributed by atoms with Crippen molar-refractivity contribution in [3.63, 3.8) is 0 Å². The summed E-state index contributed by atoms with van der Waals surface area (Å²) in [5.74, 6) is 0.318. The van der Waals surface area contributed by atoms with Crippen molar-refractivity contribution in [2.75, 3.05) is 13.2 Å². The van der Waals surface area contributed by atoms with Crippen LogP contribution in [0.15, 0.2) is 24.3 Å². The quantitative estimate of drug-likeness (QED) is 0.318. The molecule has 1 aliphatic heterocycles. The Morgan fingerprint density at radius 2 is 1.82 bits per heavy atom. The number of aliphatic hydroxyl groups excluding tert-OH is 6. The molecule has 0 aromatic carbocycles. The van der Waals surface area contributed by atoms with Gasteiger partial charge in [-0.05, 0) is 54.8 Å². The van der Waals surface area contributed by atoms with Gasteiger partial charge in [0.2, 0.25) is 0 Å². The van der Waals surface area contributed by atoms with E-state index in [4.69, 9.17) is 9.47 Å². The van der Waals surface area contributed by atoms with Crippen molar-refractivity contribution >= 4 is 0 Å². The van der Waals surface area contributed by atoms with Crippen molar-refractivity contribution in [2.24, 2.45) is 28.1 Å². The third-order valence-electron chi connectivity index (χ3n) is 9.65. The van der Waals surface area contributed by atoms with E-state index in [1.54, 1.807) is 0 Å². The second-order valence-electron chi connectivity index (χ2n) is 11.9. The van der Waals surface area contributed by atoms with Crippen LogP contribution in [0.2, 0.25) is 0 Å². The van der Waals surface area contributed by atoms with Gasteiger partial charge in [0.15, 0.2) is 6.29 Å². The molecule has 4 aliphatic rings. The van der Waals surface area contributed by atoms with Crippen molar-refractivity contribution in [3.05, 3.63) is 24.3 Å². The molecule has 0 radical (unpaired) electrons.